The lowest BCUT2D eigenvalue weighted by Crippen LogP contribution is -2.18. The highest BCUT2D eigenvalue weighted by Gasteiger charge is 2.40. The van der Waals surface area contributed by atoms with Crippen molar-refractivity contribution in [2.75, 3.05) is 11.9 Å². The minimum atomic E-state index is -4.92. The van der Waals surface area contributed by atoms with Gasteiger partial charge in [-0.15, -0.1) is 23.2 Å². The molecule has 0 fully saturated rings. The zero-order chi connectivity index (χ0) is 20.2. The first kappa shape index (κ1) is 20.9. The fourth-order valence-corrected chi connectivity index (χ4v) is 2.83. The number of carbonyl (C=O) groups excluding carboxylic acids is 1. The smallest absolute Gasteiger partial charge is 0.436 e. The van der Waals surface area contributed by atoms with E-state index in [1.165, 1.54) is 13.0 Å². The highest BCUT2D eigenvalue weighted by Crippen LogP contribution is 2.37. The van der Waals surface area contributed by atoms with Gasteiger partial charge in [0.2, 0.25) is 0 Å². The molecule has 1 aromatic carbocycles. The van der Waals surface area contributed by atoms with E-state index >= 15 is 0 Å². The molecule has 0 aliphatic heterocycles. The maximum absolute atomic E-state index is 13.4. The van der Waals surface area contributed by atoms with Gasteiger partial charge in [-0.25, -0.2) is 9.48 Å². The van der Waals surface area contributed by atoms with E-state index in [1.54, 1.807) is 18.2 Å². The summed E-state index contributed by atoms with van der Waals surface area (Å²) < 4.78 is 45.6. The molecule has 2 aromatic rings. The number of ether oxygens (including phenoxy) is 1. The molecule has 2 rings (SSSR count). The minimum Gasteiger partial charge on any atom is -0.450 e. The van der Waals surface area contributed by atoms with Gasteiger partial charge in [0.1, 0.15) is 11.6 Å². The quantitative estimate of drug-likeness (QED) is 0.703. The number of halogens is 5. The zero-order valence-electron chi connectivity index (χ0n) is 13.9. The van der Waals surface area contributed by atoms with Crippen molar-refractivity contribution < 1.29 is 22.7 Å². The molecular weight excluding hydrogens is 408 g/mol. The summed E-state index contributed by atoms with van der Waals surface area (Å²) >= 11 is 11.8. The molecule has 0 saturated heterocycles. The van der Waals surface area contributed by atoms with Crippen molar-refractivity contribution in [2.24, 2.45) is 0 Å². The molecule has 0 aliphatic carbocycles. The minimum absolute atomic E-state index is 0.0147. The van der Waals surface area contributed by atoms with E-state index in [0.717, 1.165) is 4.68 Å². The van der Waals surface area contributed by atoms with Gasteiger partial charge in [-0.1, -0.05) is 18.2 Å². The number of hydrogen-bond donors (Lipinski definition) is 1. The molecule has 1 heterocycles. The van der Waals surface area contributed by atoms with Crippen LogP contribution in [0.4, 0.5) is 23.8 Å². The SMILES string of the molecule is CCOC(=O)Nc1c(C#N)c(C(F)(F)F)nn1-c1c(CCl)cccc1CCl. The topological polar surface area (TPSA) is 79.9 Å². The van der Waals surface area contributed by atoms with E-state index in [4.69, 9.17) is 27.9 Å². The number of nitriles is 1. The van der Waals surface area contributed by atoms with Gasteiger partial charge in [0, 0.05) is 11.8 Å². The molecule has 0 spiro atoms. The van der Waals surface area contributed by atoms with E-state index in [2.05, 4.69) is 10.4 Å². The molecular formula is C16H13Cl2F3N4O2. The van der Waals surface area contributed by atoms with Crippen LogP contribution < -0.4 is 5.32 Å². The van der Waals surface area contributed by atoms with Crippen LogP contribution in [-0.4, -0.2) is 22.5 Å². The number of para-hydroxylation sites is 1. The highest BCUT2D eigenvalue weighted by atomic mass is 35.5. The summed E-state index contributed by atoms with van der Waals surface area (Å²) in [5.41, 5.74) is -1.30. The Balaban J connectivity index is 2.82. The Morgan fingerprint density at radius 2 is 1.93 bits per heavy atom. The Morgan fingerprint density at radius 1 is 1.33 bits per heavy atom. The number of nitrogens with zero attached hydrogens (tertiary/aromatic N) is 3. The summed E-state index contributed by atoms with van der Waals surface area (Å²) in [6, 6.07) is 6.23. The average molecular weight is 421 g/mol. The molecule has 0 radical (unpaired) electrons. The maximum Gasteiger partial charge on any atom is 0.436 e. The Kier molecular flexibility index (Phi) is 6.57. The van der Waals surface area contributed by atoms with Gasteiger partial charge in [0.05, 0.1) is 12.3 Å². The molecule has 144 valence electrons. The van der Waals surface area contributed by atoms with E-state index in [9.17, 15) is 23.2 Å². The second kappa shape index (κ2) is 8.50. The number of alkyl halides is 5. The first-order chi connectivity index (χ1) is 12.8. The van der Waals surface area contributed by atoms with Crippen molar-refractivity contribution in [3.8, 4) is 11.8 Å². The van der Waals surface area contributed by atoms with Crippen molar-refractivity contribution in [3.05, 3.63) is 40.6 Å². The van der Waals surface area contributed by atoms with Crippen molar-refractivity contribution in [1.82, 2.24) is 9.78 Å². The van der Waals surface area contributed by atoms with Crippen LogP contribution in [0.5, 0.6) is 0 Å². The third kappa shape index (κ3) is 4.28. The summed E-state index contributed by atoms with van der Waals surface area (Å²) in [5.74, 6) is -0.587. The fraction of sp³-hybridized carbons (Fsp3) is 0.312. The Bertz CT molecular complexity index is 869. The number of aromatic nitrogens is 2. The predicted molar refractivity (Wildman–Crippen MR) is 93.0 cm³/mol. The van der Waals surface area contributed by atoms with Crippen LogP contribution in [-0.2, 0) is 22.7 Å². The second-order valence-electron chi connectivity index (χ2n) is 5.13. The third-order valence-electron chi connectivity index (χ3n) is 3.46. The molecule has 0 aliphatic rings. The molecule has 1 amide bonds. The average Bonchev–Trinajstić information content (AvgIpc) is 2.99. The molecule has 0 unspecified atom stereocenters. The number of amides is 1. The number of rotatable bonds is 5. The Hall–Kier alpha value is -2.44. The summed E-state index contributed by atoms with van der Waals surface area (Å²) in [6.45, 7) is 1.51. The van der Waals surface area contributed by atoms with Crippen LogP contribution in [0, 0.1) is 11.3 Å². The number of nitrogens with one attached hydrogen (secondary N) is 1. The Labute approximate surface area is 162 Å². The number of carbonyl (C=O) groups is 1. The molecule has 1 N–H and O–H groups in total. The molecule has 27 heavy (non-hydrogen) atoms. The monoisotopic (exact) mass is 420 g/mol. The normalized spacial score (nSPS) is 11.1. The summed E-state index contributed by atoms with van der Waals surface area (Å²) in [5, 5.41) is 15.0. The van der Waals surface area contributed by atoms with Gasteiger partial charge in [-0.3, -0.25) is 5.32 Å². The van der Waals surface area contributed by atoms with Crippen LogP contribution in [0.15, 0.2) is 18.2 Å². The molecule has 11 heteroatoms. The largest absolute Gasteiger partial charge is 0.450 e. The number of hydrogen-bond acceptors (Lipinski definition) is 4. The van der Waals surface area contributed by atoms with Gasteiger partial charge in [0.15, 0.2) is 11.5 Å². The van der Waals surface area contributed by atoms with Crippen LogP contribution in [0.3, 0.4) is 0 Å². The van der Waals surface area contributed by atoms with Crippen molar-refractivity contribution >= 4 is 35.1 Å². The second-order valence-corrected chi connectivity index (χ2v) is 5.67. The van der Waals surface area contributed by atoms with Gasteiger partial charge >= 0.3 is 12.3 Å². The van der Waals surface area contributed by atoms with Crippen molar-refractivity contribution in [3.63, 3.8) is 0 Å². The first-order valence-corrected chi connectivity index (χ1v) is 8.62. The van der Waals surface area contributed by atoms with Gasteiger partial charge in [-0.05, 0) is 18.1 Å². The first-order valence-electron chi connectivity index (χ1n) is 7.55. The zero-order valence-corrected chi connectivity index (χ0v) is 15.4. The number of anilines is 1. The maximum atomic E-state index is 13.4. The molecule has 0 atom stereocenters. The van der Waals surface area contributed by atoms with Crippen molar-refractivity contribution in [1.29, 1.82) is 5.26 Å². The molecule has 0 bridgehead atoms. The molecule has 0 saturated carbocycles. The predicted octanol–water partition coefficient (Wildman–Crippen LogP) is 4.81. The standard InChI is InChI=1S/C16H13Cl2F3N4O2/c1-2-27-15(26)23-14-11(8-22)13(16(19,20)21)24-25(14)12-9(6-17)4-3-5-10(12)7-18/h3-5H,2,6-7H2,1H3,(H,23,26). The van der Waals surface area contributed by atoms with Crippen LogP contribution >= 0.6 is 23.2 Å². The highest BCUT2D eigenvalue weighted by molar-refractivity contribution is 6.18. The molecule has 1 aromatic heterocycles. The van der Waals surface area contributed by atoms with E-state index < -0.39 is 29.3 Å². The van der Waals surface area contributed by atoms with Gasteiger partial charge in [-0.2, -0.15) is 23.5 Å². The summed E-state index contributed by atoms with van der Waals surface area (Å²) in [4.78, 5) is 11.8. The van der Waals surface area contributed by atoms with Crippen LogP contribution in [0.2, 0.25) is 0 Å². The van der Waals surface area contributed by atoms with E-state index in [0.29, 0.717) is 11.1 Å². The number of benzene rings is 1. The van der Waals surface area contributed by atoms with Crippen molar-refractivity contribution in [2.45, 2.75) is 24.9 Å². The lowest BCUT2D eigenvalue weighted by atomic mass is 10.1. The van der Waals surface area contributed by atoms with E-state index in [-0.39, 0.29) is 24.1 Å². The van der Waals surface area contributed by atoms with Gasteiger partial charge < -0.3 is 4.74 Å². The lowest BCUT2D eigenvalue weighted by Gasteiger charge is -2.15. The fourth-order valence-electron chi connectivity index (χ4n) is 2.40. The third-order valence-corrected chi connectivity index (χ3v) is 4.04. The van der Waals surface area contributed by atoms with Crippen LogP contribution in [0.1, 0.15) is 29.3 Å². The summed E-state index contributed by atoms with van der Waals surface area (Å²) in [6.07, 6.45) is -5.95. The molecule has 6 nitrogen and oxygen atoms in total. The van der Waals surface area contributed by atoms with Crippen LogP contribution in [0.25, 0.3) is 5.69 Å². The van der Waals surface area contributed by atoms with Gasteiger partial charge in [0.25, 0.3) is 0 Å². The van der Waals surface area contributed by atoms with E-state index in [1.807, 2.05) is 0 Å². The summed E-state index contributed by atoms with van der Waals surface area (Å²) in [7, 11) is 0. The Morgan fingerprint density at radius 3 is 2.37 bits per heavy atom. The lowest BCUT2D eigenvalue weighted by molar-refractivity contribution is -0.141.